The molecule has 0 saturated heterocycles. The first-order valence-electron chi connectivity index (χ1n) is 5.37. The van der Waals surface area contributed by atoms with Crippen LogP contribution in [0.25, 0.3) is 0 Å². The maximum Gasteiger partial charge on any atom is 0.419 e. The summed E-state index contributed by atoms with van der Waals surface area (Å²) in [6, 6.07) is 0.220. The van der Waals surface area contributed by atoms with E-state index in [2.05, 4.69) is 9.72 Å². The van der Waals surface area contributed by atoms with Gasteiger partial charge in [0.05, 0.1) is 24.3 Å². The fourth-order valence-corrected chi connectivity index (χ4v) is 1.41. The van der Waals surface area contributed by atoms with Crippen LogP contribution in [-0.4, -0.2) is 17.6 Å². The molecule has 0 saturated carbocycles. The van der Waals surface area contributed by atoms with E-state index >= 15 is 0 Å². The van der Waals surface area contributed by atoms with E-state index in [1.54, 1.807) is 0 Å². The third kappa shape index (κ3) is 3.84. The monoisotopic (exact) mass is 301 g/mol. The number of rotatable bonds is 4. The lowest BCUT2D eigenvalue weighted by atomic mass is 10.1. The van der Waals surface area contributed by atoms with Gasteiger partial charge in [0, 0.05) is 0 Å². The molecular formula is C11H9F6NO2. The van der Waals surface area contributed by atoms with Gasteiger partial charge in [0.15, 0.2) is 5.82 Å². The van der Waals surface area contributed by atoms with Crippen molar-refractivity contribution in [1.29, 1.82) is 0 Å². The molecule has 1 aromatic rings. The van der Waals surface area contributed by atoms with Crippen LogP contribution < -0.4 is 0 Å². The highest BCUT2D eigenvalue weighted by atomic mass is 19.4. The van der Waals surface area contributed by atoms with Gasteiger partial charge in [-0.1, -0.05) is 0 Å². The summed E-state index contributed by atoms with van der Waals surface area (Å²) in [5.74, 6) is -3.08. The van der Waals surface area contributed by atoms with Crippen molar-refractivity contribution in [2.75, 3.05) is 6.61 Å². The van der Waals surface area contributed by atoms with Crippen LogP contribution in [0.2, 0.25) is 0 Å². The summed E-state index contributed by atoms with van der Waals surface area (Å²) in [6.07, 6.45) is -9.45. The van der Waals surface area contributed by atoms with E-state index in [-0.39, 0.29) is 12.7 Å². The van der Waals surface area contributed by atoms with Crippen molar-refractivity contribution in [3.8, 4) is 0 Å². The molecule has 3 nitrogen and oxygen atoms in total. The van der Waals surface area contributed by atoms with Crippen molar-refractivity contribution in [2.45, 2.75) is 25.9 Å². The van der Waals surface area contributed by atoms with Crippen LogP contribution in [-0.2, 0) is 22.1 Å². The second-order valence-corrected chi connectivity index (χ2v) is 3.64. The first-order valence-corrected chi connectivity index (χ1v) is 5.37. The summed E-state index contributed by atoms with van der Waals surface area (Å²) in [5.41, 5.74) is -4.16. The molecule has 9 heteroatoms. The van der Waals surface area contributed by atoms with Gasteiger partial charge in [0.1, 0.15) is 5.69 Å². The molecule has 0 bridgehead atoms. The zero-order valence-electron chi connectivity index (χ0n) is 10.1. The van der Waals surface area contributed by atoms with E-state index in [1.165, 1.54) is 6.92 Å². The van der Waals surface area contributed by atoms with Crippen LogP contribution in [0, 0.1) is 5.82 Å². The maximum atomic E-state index is 13.3. The molecule has 0 spiro atoms. The van der Waals surface area contributed by atoms with Crippen LogP contribution in [0.3, 0.4) is 0 Å². The first kappa shape index (κ1) is 16.3. The number of hydrogen-bond donors (Lipinski definition) is 0. The lowest BCUT2D eigenvalue weighted by Gasteiger charge is -2.12. The van der Waals surface area contributed by atoms with Crippen molar-refractivity contribution in [2.24, 2.45) is 0 Å². The Bertz CT molecular complexity index is 500. The lowest BCUT2D eigenvalue weighted by molar-refractivity contribution is -0.143. The van der Waals surface area contributed by atoms with Crippen LogP contribution in [0.5, 0.6) is 0 Å². The number of pyridine rings is 1. The fourth-order valence-electron chi connectivity index (χ4n) is 1.41. The number of alkyl halides is 5. The summed E-state index contributed by atoms with van der Waals surface area (Å²) in [5, 5.41) is 0. The minimum Gasteiger partial charge on any atom is -0.466 e. The quantitative estimate of drug-likeness (QED) is 0.633. The molecule has 0 atom stereocenters. The van der Waals surface area contributed by atoms with E-state index in [0.717, 1.165) is 0 Å². The topological polar surface area (TPSA) is 39.2 Å². The minimum absolute atomic E-state index is 0.0339. The Morgan fingerprint density at radius 2 is 2.00 bits per heavy atom. The summed E-state index contributed by atoms with van der Waals surface area (Å²) < 4.78 is 80.3. The number of ether oxygens (including phenoxy) is 1. The van der Waals surface area contributed by atoms with Gasteiger partial charge in [-0.3, -0.25) is 4.79 Å². The zero-order valence-corrected chi connectivity index (χ0v) is 10.1. The lowest BCUT2D eigenvalue weighted by Crippen LogP contribution is -2.16. The van der Waals surface area contributed by atoms with Crippen molar-refractivity contribution in [1.82, 2.24) is 4.98 Å². The largest absolute Gasteiger partial charge is 0.466 e. The molecule has 0 aliphatic heterocycles. The number of carbonyl (C=O) groups excluding carboxylic acids is 1. The Morgan fingerprint density at radius 1 is 1.40 bits per heavy atom. The molecule has 0 aromatic carbocycles. The molecule has 0 aliphatic carbocycles. The van der Waals surface area contributed by atoms with E-state index in [0.29, 0.717) is 0 Å². The molecule has 0 fully saturated rings. The molecule has 1 rings (SSSR count). The highest BCUT2D eigenvalue weighted by Gasteiger charge is 2.37. The average molecular weight is 301 g/mol. The summed E-state index contributed by atoms with van der Waals surface area (Å²) >= 11 is 0. The number of hydrogen-bond acceptors (Lipinski definition) is 3. The molecule has 1 aromatic heterocycles. The fraction of sp³-hybridized carbons (Fsp3) is 0.455. The molecule has 0 radical (unpaired) electrons. The Hall–Kier alpha value is -1.80. The van der Waals surface area contributed by atoms with E-state index < -0.39 is 47.8 Å². The van der Waals surface area contributed by atoms with Crippen molar-refractivity contribution >= 4 is 5.97 Å². The van der Waals surface area contributed by atoms with Gasteiger partial charge >= 0.3 is 12.1 Å². The van der Waals surface area contributed by atoms with Crippen molar-refractivity contribution in [3.63, 3.8) is 0 Å². The molecule has 1 heterocycles. The number of esters is 1. The Kier molecular flexibility index (Phi) is 4.96. The van der Waals surface area contributed by atoms with Crippen molar-refractivity contribution in [3.05, 3.63) is 28.8 Å². The smallest absolute Gasteiger partial charge is 0.419 e. The third-order valence-corrected chi connectivity index (χ3v) is 2.18. The Labute approximate surface area is 109 Å². The van der Waals surface area contributed by atoms with Gasteiger partial charge in [-0.05, 0) is 13.0 Å². The summed E-state index contributed by atoms with van der Waals surface area (Å²) in [6.45, 7) is 1.43. The van der Waals surface area contributed by atoms with Gasteiger partial charge in [-0.2, -0.15) is 13.2 Å². The SMILES string of the molecule is CCOC(=O)Cc1cc(C(F)(F)F)c(F)c(C(F)F)n1. The molecule has 20 heavy (non-hydrogen) atoms. The van der Waals surface area contributed by atoms with Crippen molar-refractivity contribution < 1.29 is 35.9 Å². The first-order chi connectivity index (χ1) is 9.16. The average Bonchev–Trinajstić information content (AvgIpc) is 2.29. The number of carbonyl (C=O) groups is 1. The molecule has 0 aliphatic rings. The standard InChI is InChI=1S/C11H9F6NO2/c1-2-20-7(19)4-5-3-6(11(15,16)17)8(12)9(18-5)10(13)14/h3,10H,2,4H2,1H3. The van der Waals surface area contributed by atoms with Gasteiger partial charge in [-0.25, -0.2) is 18.2 Å². The van der Waals surface area contributed by atoms with Gasteiger partial charge in [-0.15, -0.1) is 0 Å². The molecule has 112 valence electrons. The van der Waals surface area contributed by atoms with E-state index in [1.807, 2.05) is 0 Å². The Balaban J connectivity index is 3.26. The van der Waals surface area contributed by atoms with E-state index in [9.17, 15) is 31.1 Å². The Morgan fingerprint density at radius 3 is 2.45 bits per heavy atom. The zero-order chi connectivity index (χ0) is 15.5. The van der Waals surface area contributed by atoms with Crippen LogP contribution >= 0.6 is 0 Å². The normalized spacial score (nSPS) is 11.8. The molecule has 0 amide bonds. The van der Waals surface area contributed by atoms with Crippen LogP contribution in [0.1, 0.15) is 30.3 Å². The van der Waals surface area contributed by atoms with Gasteiger partial charge < -0.3 is 4.74 Å². The molecule has 0 N–H and O–H groups in total. The van der Waals surface area contributed by atoms with Crippen LogP contribution in [0.15, 0.2) is 6.07 Å². The van der Waals surface area contributed by atoms with Gasteiger partial charge in [0.25, 0.3) is 6.43 Å². The number of nitrogens with zero attached hydrogens (tertiary/aromatic N) is 1. The second-order valence-electron chi connectivity index (χ2n) is 3.64. The highest BCUT2D eigenvalue weighted by molar-refractivity contribution is 5.72. The minimum atomic E-state index is -5.17. The van der Waals surface area contributed by atoms with Crippen LogP contribution in [0.4, 0.5) is 26.3 Å². The molecule has 0 unspecified atom stereocenters. The number of aromatic nitrogens is 1. The van der Waals surface area contributed by atoms with Gasteiger partial charge in [0.2, 0.25) is 0 Å². The predicted octanol–water partition coefficient (Wildman–Crippen LogP) is 3.28. The molecular weight excluding hydrogens is 292 g/mol. The van der Waals surface area contributed by atoms with E-state index in [4.69, 9.17) is 0 Å². The summed E-state index contributed by atoms with van der Waals surface area (Å²) in [4.78, 5) is 14.2. The highest BCUT2D eigenvalue weighted by Crippen LogP contribution is 2.35. The third-order valence-electron chi connectivity index (χ3n) is 2.18. The second kappa shape index (κ2) is 6.10. The maximum absolute atomic E-state index is 13.3. The number of halogens is 6. The predicted molar refractivity (Wildman–Crippen MR) is 54.5 cm³/mol. The summed E-state index contributed by atoms with van der Waals surface area (Å²) in [7, 11) is 0.